The van der Waals surface area contributed by atoms with Gasteiger partial charge in [0.2, 0.25) is 0 Å². The molecule has 0 aliphatic carbocycles. The fourth-order valence-electron chi connectivity index (χ4n) is 3.80. The number of rotatable bonds is 4. The van der Waals surface area contributed by atoms with Gasteiger partial charge in [0.05, 0.1) is 24.0 Å². The van der Waals surface area contributed by atoms with Crippen molar-refractivity contribution in [1.82, 2.24) is 9.88 Å². The second-order valence-electron chi connectivity index (χ2n) is 7.28. The number of halogens is 1. The first-order valence-electron chi connectivity index (χ1n) is 9.81. The topological polar surface area (TPSA) is 80.6 Å². The molecule has 4 rings (SSSR count). The second-order valence-corrected chi connectivity index (χ2v) is 7.72. The second kappa shape index (κ2) is 8.36. The summed E-state index contributed by atoms with van der Waals surface area (Å²) in [5.74, 6) is -0.916. The molecule has 8 heteroatoms. The molecule has 2 heterocycles. The van der Waals surface area contributed by atoms with Crippen molar-refractivity contribution < 1.29 is 19.1 Å². The number of methoxy groups -OCH3 is 1. The third kappa shape index (κ3) is 3.67. The highest BCUT2D eigenvalue weighted by molar-refractivity contribution is 6.32. The van der Waals surface area contributed by atoms with Gasteiger partial charge in [0.25, 0.3) is 5.91 Å². The number of aromatic nitrogens is 1. The van der Waals surface area contributed by atoms with Crippen molar-refractivity contribution in [2.24, 2.45) is 0 Å². The molecule has 0 saturated carbocycles. The third-order valence-corrected chi connectivity index (χ3v) is 5.50. The average molecular weight is 450 g/mol. The van der Waals surface area contributed by atoms with Crippen LogP contribution in [0.4, 0.5) is 10.5 Å². The lowest BCUT2D eigenvalue weighted by Gasteiger charge is -2.13. The fourth-order valence-corrected chi connectivity index (χ4v) is 3.98. The first-order valence-corrected chi connectivity index (χ1v) is 10.2. The molecular weight excluding hydrogens is 430 g/mol. The Morgan fingerprint density at radius 2 is 1.81 bits per heavy atom. The largest absolute Gasteiger partial charge is 0.465 e. The quantitative estimate of drug-likeness (QED) is 0.357. The number of amides is 3. The van der Waals surface area contributed by atoms with E-state index in [0.29, 0.717) is 22.0 Å². The molecule has 32 heavy (non-hydrogen) atoms. The van der Waals surface area contributed by atoms with Gasteiger partial charge in [-0.1, -0.05) is 29.8 Å². The van der Waals surface area contributed by atoms with E-state index in [1.165, 1.54) is 7.11 Å². The van der Waals surface area contributed by atoms with Crippen molar-refractivity contribution >= 4 is 41.3 Å². The Labute approximate surface area is 189 Å². The smallest absolute Gasteiger partial charge is 0.339 e. The van der Waals surface area contributed by atoms with Crippen LogP contribution in [0.2, 0.25) is 5.02 Å². The molecule has 0 unspecified atom stereocenters. The third-order valence-electron chi connectivity index (χ3n) is 5.26. The summed E-state index contributed by atoms with van der Waals surface area (Å²) >= 11 is 6.01. The normalized spacial score (nSPS) is 14.8. The molecular formula is C24H20ClN3O4. The number of hydrogen-bond acceptors (Lipinski definition) is 4. The van der Waals surface area contributed by atoms with Gasteiger partial charge >= 0.3 is 12.0 Å². The van der Waals surface area contributed by atoms with E-state index in [1.54, 1.807) is 42.5 Å². The number of hydrogen-bond donors (Lipinski definition) is 1. The van der Waals surface area contributed by atoms with E-state index < -0.39 is 17.9 Å². The van der Waals surface area contributed by atoms with Crippen LogP contribution in [0, 0.1) is 13.8 Å². The number of ether oxygens (including phenoxy) is 1. The van der Waals surface area contributed by atoms with Crippen molar-refractivity contribution in [2.45, 2.75) is 13.8 Å². The summed E-state index contributed by atoms with van der Waals surface area (Å²) in [6.45, 7) is 3.78. The van der Waals surface area contributed by atoms with E-state index in [1.807, 2.05) is 36.6 Å². The first-order chi connectivity index (χ1) is 15.3. The Kier molecular flexibility index (Phi) is 5.59. The van der Waals surface area contributed by atoms with Crippen LogP contribution in [-0.2, 0) is 9.53 Å². The van der Waals surface area contributed by atoms with Crippen LogP contribution in [0.25, 0.3) is 11.8 Å². The van der Waals surface area contributed by atoms with Gasteiger partial charge in [-0.2, -0.15) is 0 Å². The lowest BCUT2D eigenvalue weighted by Crippen LogP contribution is -2.30. The number of anilines is 1. The van der Waals surface area contributed by atoms with E-state index in [9.17, 15) is 14.4 Å². The summed E-state index contributed by atoms with van der Waals surface area (Å²) in [5.41, 5.74) is 4.02. The summed E-state index contributed by atoms with van der Waals surface area (Å²) in [4.78, 5) is 38.7. The number of para-hydroxylation sites is 1. The van der Waals surface area contributed by atoms with E-state index >= 15 is 0 Å². The molecule has 1 aromatic heterocycles. The Bertz CT molecular complexity index is 1290. The van der Waals surface area contributed by atoms with Gasteiger partial charge in [0.15, 0.2) is 0 Å². The lowest BCUT2D eigenvalue weighted by atomic mass is 10.1. The molecule has 1 aliphatic rings. The SMILES string of the molecule is COC(=O)c1ccccc1-n1c(C)cc(/C=C2/NC(=O)N(c3cccc(Cl)c3)C2=O)c1C. The maximum atomic E-state index is 13.0. The number of aryl methyl sites for hydroxylation is 1. The Balaban J connectivity index is 1.74. The Hall–Kier alpha value is -3.84. The van der Waals surface area contributed by atoms with Gasteiger partial charge in [-0.25, -0.2) is 14.5 Å². The maximum Gasteiger partial charge on any atom is 0.339 e. The molecule has 0 radical (unpaired) electrons. The van der Waals surface area contributed by atoms with Crippen molar-refractivity contribution in [3.8, 4) is 5.69 Å². The molecule has 162 valence electrons. The van der Waals surface area contributed by atoms with Crippen molar-refractivity contribution in [3.63, 3.8) is 0 Å². The molecule has 7 nitrogen and oxygen atoms in total. The van der Waals surface area contributed by atoms with E-state index in [0.717, 1.165) is 21.9 Å². The highest BCUT2D eigenvalue weighted by atomic mass is 35.5. The summed E-state index contributed by atoms with van der Waals surface area (Å²) in [7, 11) is 1.34. The highest BCUT2D eigenvalue weighted by Gasteiger charge is 2.35. The van der Waals surface area contributed by atoms with Crippen LogP contribution in [-0.4, -0.2) is 29.6 Å². The number of nitrogens with one attached hydrogen (secondary N) is 1. The standard InChI is InChI=1S/C24H20ClN3O4/c1-14-11-16(15(2)27(14)21-10-5-4-9-19(21)23(30)32-3)12-20-22(29)28(24(31)26-20)18-8-6-7-17(25)13-18/h4-13H,1-3H3,(H,26,31)/b20-12+. The molecule has 3 aromatic rings. The van der Waals surface area contributed by atoms with E-state index in [-0.39, 0.29) is 5.70 Å². The monoisotopic (exact) mass is 449 g/mol. The molecule has 3 amide bonds. The maximum absolute atomic E-state index is 13.0. The van der Waals surface area contributed by atoms with Gasteiger partial charge in [-0.15, -0.1) is 0 Å². The van der Waals surface area contributed by atoms with E-state index in [2.05, 4.69) is 5.32 Å². The number of esters is 1. The molecule has 1 saturated heterocycles. The predicted molar refractivity (Wildman–Crippen MR) is 122 cm³/mol. The summed E-state index contributed by atoms with van der Waals surface area (Å²) in [6, 6.07) is 15.0. The van der Waals surface area contributed by atoms with Crippen LogP contribution in [0.3, 0.4) is 0 Å². The van der Waals surface area contributed by atoms with Crippen LogP contribution in [0.1, 0.15) is 27.3 Å². The van der Waals surface area contributed by atoms with Gasteiger partial charge in [0, 0.05) is 16.4 Å². The molecule has 0 spiro atoms. The predicted octanol–water partition coefficient (Wildman–Crippen LogP) is 4.63. The molecule has 0 atom stereocenters. The number of imide groups is 1. The molecule has 0 bridgehead atoms. The Morgan fingerprint density at radius 1 is 1.06 bits per heavy atom. The van der Waals surface area contributed by atoms with Crippen molar-refractivity contribution in [3.05, 3.63) is 87.8 Å². The van der Waals surface area contributed by atoms with Crippen LogP contribution < -0.4 is 10.2 Å². The van der Waals surface area contributed by atoms with Crippen molar-refractivity contribution in [2.75, 3.05) is 12.0 Å². The number of carbonyl (C=O) groups is 3. The first kappa shape index (κ1) is 21.4. The minimum Gasteiger partial charge on any atom is -0.465 e. The zero-order chi connectivity index (χ0) is 23.0. The summed E-state index contributed by atoms with van der Waals surface area (Å²) in [5, 5.41) is 3.05. The summed E-state index contributed by atoms with van der Waals surface area (Å²) < 4.78 is 6.82. The van der Waals surface area contributed by atoms with Gasteiger partial charge < -0.3 is 14.6 Å². The lowest BCUT2D eigenvalue weighted by molar-refractivity contribution is -0.113. The average Bonchev–Trinajstić information content (AvgIpc) is 3.21. The fraction of sp³-hybridized carbons (Fsp3) is 0.125. The minimum atomic E-state index is -0.548. The van der Waals surface area contributed by atoms with Gasteiger partial charge in [0.1, 0.15) is 5.70 Å². The van der Waals surface area contributed by atoms with Gasteiger partial charge in [-0.3, -0.25) is 4.79 Å². The van der Waals surface area contributed by atoms with E-state index in [4.69, 9.17) is 16.3 Å². The number of carbonyl (C=O) groups excluding carboxylic acids is 3. The molecule has 1 aliphatic heterocycles. The number of urea groups is 1. The van der Waals surface area contributed by atoms with Crippen LogP contribution in [0.5, 0.6) is 0 Å². The highest BCUT2D eigenvalue weighted by Crippen LogP contribution is 2.28. The molecule has 1 fully saturated rings. The molecule has 2 aromatic carbocycles. The minimum absolute atomic E-state index is 0.150. The Morgan fingerprint density at radius 3 is 2.53 bits per heavy atom. The zero-order valence-electron chi connectivity index (χ0n) is 17.7. The zero-order valence-corrected chi connectivity index (χ0v) is 18.4. The molecule has 1 N–H and O–H groups in total. The van der Waals surface area contributed by atoms with Gasteiger partial charge in [-0.05, 0) is 61.9 Å². The number of benzene rings is 2. The van der Waals surface area contributed by atoms with Crippen LogP contribution >= 0.6 is 11.6 Å². The number of nitrogens with zero attached hydrogens (tertiary/aromatic N) is 2. The summed E-state index contributed by atoms with van der Waals surface area (Å²) in [6.07, 6.45) is 1.63. The van der Waals surface area contributed by atoms with Crippen molar-refractivity contribution in [1.29, 1.82) is 0 Å². The van der Waals surface area contributed by atoms with Crippen LogP contribution in [0.15, 0.2) is 60.3 Å².